The van der Waals surface area contributed by atoms with Crippen LogP contribution >= 0.6 is 0 Å². The van der Waals surface area contributed by atoms with Crippen molar-refractivity contribution in [3.63, 3.8) is 0 Å². The van der Waals surface area contributed by atoms with Crippen LogP contribution in [-0.2, 0) is 11.2 Å². The van der Waals surface area contributed by atoms with Gasteiger partial charge in [0.15, 0.2) is 0 Å². The average molecular weight is 274 g/mol. The molecule has 0 aromatic heterocycles. The van der Waals surface area contributed by atoms with Crippen LogP contribution in [0.4, 0.5) is 0 Å². The number of unbranched alkanes of at least 4 members (excludes halogenated alkanes) is 1. The van der Waals surface area contributed by atoms with Gasteiger partial charge in [-0.05, 0) is 31.0 Å². The van der Waals surface area contributed by atoms with E-state index < -0.39 is 0 Å². The zero-order chi connectivity index (χ0) is 14.4. The predicted octanol–water partition coefficient (Wildman–Crippen LogP) is 2.48. The molecular weight excluding hydrogens is 248 g/mol. The van der Waals surface area contributed by atoms with Gasteiger partial charge in [0, 0.05) is 26.2 Å². The van der Waals surface area contributed by atoms with Crippen molar-refractivity contribution in [1.82, 2.24) is 9.80 Å². The highest BCUT2D eigenvalue weighted by Gasteiger charge is 2.20. The van der Waals surface area contributed by atoms with Crippen molar-refractivity contribution in [1.29, 1.82) is 0 Å². The number of hydrogen-bond acceptors (Lipinski definition) is 2. The first kappa shape index (κ1) is 15.0. The molecule has 1 fully saturated rings. The summed E-state index contributed by atoms with van der Waals surface area (Å²) < 4.78 is 0. The molecule has 2 rings (SSSR count). The molecule has 1 saturated heterocycles. The molecule has 1 aromatic rings. The molecule has 1 aromatic carbocycles. The van der Waals surface area contributed by atoms with Gasteiger partial charge < -0.3 is 4.90 Å². The number of amides is 1. The Hall–Kier alpha value is -1.35. The molecule has 3 heteroatoms. The third-order valence-electron chi connectivity index (χ3n) is 4.16. The highest BCUT2D eigenvalue weighted by Crippen LogP contribution is 2.11. The van der Waals surface area contributed by atoms with Gasteiger partial charge in [-0.2, -0.15) is 0 Å². The van der Waals surface area contributed by atoms with E-state index in [1.165, 1.54) is 24.9 Å². The number of nitrogens with zero attached hydrogens (tertiary/aromatic N) is 2. The smallest absolute Gasteiger partial charge is 0.227 e. The summed E-state index contributed by atoms with van der Waals surface area (Å²) in [5.41, 5.74) is 2.37. The molecule has 1 amide bonds. The number of benzene rings is 1. The second-order valence-electron chi connectivity index (χ2n) is 5.68. The van der Waals surface area contributed by atoms with Crippen LogP contribution in [-0.4, -0.2) is 48.4 Å². The summed E-state index contributed by atoms with van der Waals surface area (Å²) in [6.45, 7) is 9.30. The Morgan fingerprint density at radius 2 is 1.85 bits per heavy atom. The molecule has 3 nitrogen and oxygen atoms in total. The van der Waals surface area contributed by atoms with Crippen LogP contribution in [0.25, 0.3) is 0 Å². The van der Waals surface area contributed by atoms with Crippen molar-refractivity contribution < 1.29 is 4.79 Å². The van der Waals surface area contributed by atoms with Crippen molar-refractivity contribution in [2.45, 2.75) is 33.1 Å². The van der Waals surface area contributed by atoms with Crippen molar-refractivity contribution in [3.05, 3.63) is 35.4 Å². The largest absolute Gasteiger partial charge is 0.340 e. The fraction of sp³-hybridized carbons (Fsp3) is 0.588. The van der Waals surface area contributed by atoms with E-state index in [2.05, 4.69) is 30.9 Å². The first-order chi connectivity index (χ1) is 9.70. The van der Waals surface area contributed by atoms with Gasteiger partial charge >= 0.3 is 0 Å². The van der Waals surface area contributed by atoms with Gasteiger partial charge in [-0.25, -0.2) is 0 Å². The maximum atomic E-state index is 12.3. The number of piperazine rings is 1. The maximum Gasteiger partial charge on any atom is 0.227 e. The Bertz CT molecular complexity index is 436. The van der Waals surface area contributed by atoms with E-state index in [9.17, 15) is 4.79 Å². The lowest BCUT2D eigenvalue weighted by molar-refractivity contribution is -0.132. The topological polar surface area (TPSA) is 23.6 Å². The molecule has 1 heterocycles. The van der Waals surface area contributed by atoms with Gasteiger partial charge in [0.1, 0.15) is 0 Å². The minimum atomic E-state index is 0.273. The highest BCUT2D eigenvalue weighted by atomic mass is 16.2. The molecule has 1 aliphatic rings. The lowest BCUT2D eigenvalue weighted by Gasteiger charge is -2.34. The first-order valence-electron chi connectivity index (χ1n) is 7.75. The van der Waals surface area contributed by atoms with Crippen LogP contribution in [0.2, 0.25) is 0 Å². The fourth-order valence-electron chi connectivity index (χ4n) is 2.69. The Morgan fingerprint density at radius 1 is 1.15 bits per heavy atom. The molecule has 1 aliphatic heterocycles. The van der Waals surface area contributed by atoms with Crippen LogP contribution in [0.3, 0.4) is 0 Å². The van der Waals surface area contributed by atoms with Crippen molar-refractivity contribution in [3.8, 4) is 0 Å². The number of carbonyl (C=O) groups excluding carboxylic acids is 1. The average Bonchev–Trinajstić information content (AvgIpc) is 2.48. The lowest BCUT2D eigenvalue weighted by atomic mass is 10.1. The summed E-state index contributed by atoms with van der Waals surface area (Å²) in [7, 11) is 0. The molecule has 0 aliphatic carbocycles. The summed E-state index contributed by atoms with van der Waals surface area (Å²) in [6, 6.07) is 8.17. The van der Waals surface area contributed by atoms with Gasteiger partial charge in [-0.3, -0.25) is 9.69 Å². The molecule has 0 saturated carbocycles. The van der Waals surface area contributed by atoms with Crippen molar-refractivity contribution in [2.75, 3.05) is 32.7 Å². The van der Waals surface area contributed by atoms with Crippen molar-refractivity contribution >= 4 is 5.91 Å². The van der Waals surface area contributed by atoms with Gasteiger partial charge in [-0.1, -0.05) is 37.6 Å². The Balaban J connectivity index is 1.82. The zero-order valence-corrected chi connectivity index (χ0v) is 12.8. The van der Waals surface area contributed by atoms with Gasteiger partial charge in [0.2, 0.25) is 5.91 Å². The van der Waals surface area contributed by atoms with E-state index in [-0.39, 0.29) is 5.91 Å². The molecule has 0 unspecified atom stereocenters. The molecule has 0 spiro atoms. The van der Waals surface area contributed by atoms with Crippen LogP contribution in [0.1, 0.15) is 30.9 Å². The van der Waals surface area contributed by atoms with E-state index in [1.54, 1.807) is 0 Å². The molecular formula is C17H26N2O. The Labute approximate surface area is 122 Å². The maximum absolute atomic E-state index is 12.3. The number of hydrogen-bond donors (Lipinski definition) is 0. The first-order valence-corrected chi connectivity index (χ1v) is 7.75. The quantitative estimate of drug-likeness (QED) is 0.823. The fourth-order valence-corrected chi connectivity index (χ4v) is 2.69. The molecule has 110 valence electrons. The van der Waals surface area contributed by atoms with Gasteiger partial charge in [-0.15, -0.1) is 0 Å². The minimum absolute atomic E-state index is 0.273. The van der Waals surface area contributed by atoms with E-state index in [0.29, 0.717) is 6.42 Å². The van der Waals surface area contributed by atoms with E-state index in [0.717, 1.165) is 31.7 Å². The van der Waals surface area contributed by atoms with E-state index in [1.807, 2.05) is 17.0 Å². The third-order valence-corrected chi connectivity index (χ3v) is 4.16. The summed E-state index contributed by atoms with van der Waals surface area (Å²) in [5.74, 6) is 0.273. The van der Waals surface area contributed by atoms with Crippen molar-refractivity contribution in [2.24, 2.45) is 0 Å². The summed E-state index contributed by atoms with van der Waals surface area (Å²) in [4.78, 5) is 16.8. The second-order valence-corrected chi connectivity index (χ2v) is 5.68. The minimum Gasteiger partial charge on any atom is -0.340 e. The van der Waals surface area contributed by atoms with Crippen LogP contribution < -0.4 is 0 Å². The monoisotopic (exact) mass is 274 g/mol. The molecule has 20 heavy (non-hydrogen) atoms. The van der Waals surface area contributed by atoms with Crippen LogP contribution in [0.5, 0.6) is 0 Å². The number of aryl methyl sites for hydroxylation is 1. The van der Waals surface area contributed by atoms with Gasteiger partial charge in [0.25, 0.3) is 0 Å². The van der Waals surface area contributed by atoms with Crippen LogP contribution in [0, 0.1) is 6.92 Å². The summed E-state index contributed by atoms with van der Waals surface area (Å²) in [5, 5.41) is 0. The zero-order valence-electron chi connectivity index (χ0n) is 12.8. The number of carbonyl (C=O) groups is 1. The predicted molar refractivity (Wildman–Crippen MR) is 82.8 cm³/mol. The second kappa shape index (κ2) is 7.44. The highest BCUT2D eigenvalue weighted by molar-refractivity contribution is 5.79. The lowest BCUT2D eigenvalue weighted by Crippen LogP contribution is -2.49. The Morgan fingerprint density at radius 3 is 2.50 bits per heavy atom. The van der Waals surface area contributed by atoms with E-state index in [4.69, 9.17) is 0 Å². The van der Waals surface area contributed by atoms with E-state index >= 15 is 0 Å². The Kier molecular flexibility index (Phi) is 5.60. The van der Waals surface area contributed by atoms with Gasteiger partial charge in [0.05, 0.1) is 6.42 Å². The van der Waals surface area contributed by atoms with Crippen LogP contribution in [0.15, 0.2) is 24.3 Å². The normalized spacial score (nSPS) is 16.4. The summed E-state index contributed by atoms with van der Waals surface area (Å²) in [6.07, 6.45) is 3.05. The molecule has 0 atom stereocenters. The molecule has 0 bridgehead atoms. The standard InChI is InChI=1S/C17H26N2O/c1-3-4-9-18-10-12-19(13-11-18)17(20)14-16-8-6-5-7-15(16)2/h5-8H,3-4,9-14H2,1-2H3. The summed E-state index contributed by atoms with van der Waals surface area (Å²) >= 11 is 0. The SMILES string of the molecule is CCCCN1CCN(C(=O)Cc2ccccc2C)CC1. The molecule has 0 N–H and O–H groups in total. The molecule has 0 radical (unpaired) electrons. The third kappa shape index (κ3) is 4.07. The number of rotatable bonds is 5.